The van der Waals surface area contributed by atoms with Crippen molar-refractivity contribution in [1.29, 1.82) is 0 Å². The lowest BCUT2D eigenvalue weighted by Gasteiger charge is -2.35. The first kappa shape index (κ1) is 18.9. The first-order chi connectivity index (χ1) is 12.6. The van der Waals surface area contributed by atoms with E-state index in [2.05, 4.69) is 11.4 Å². The van der Waals surface area contributed by atoms with Gasteiger partial charge < -0.3 is 16.0 Å². The number of nitrogens with two attached hydrogens (primary N) is 1. The van der Waals surface area contributed by atoms with Crippen molar-refractivity contribution in [1.82, 2.24) is 10.2 Å². The molecule has 0 spiro atoms. The number of amides is 2. The second-order valence-electron chi connectivity index (χ2n) is 7.96. The van der Waals surface area contributed by atoms with Gasteiger partial charge in [-0.2, -0.15) is 0 Å². The van der Waals surface area contributed by atoms with Gasteiger partial charge in [0, 0.05) is 32.5 Å². The van der Waals surface area contributed by atoms with Crippen LogP contribution in [0.3, 0.4) is 0 Å². The zero-order chi connectivity index (χ0) is 18.4. The van der Waals surface area contributed by atoms with Crippen LogP contribution in [-0.2, 0) is 22.7 Å². The Bertz CT molecular complexity index is 638. The van der Waals surface area contributed by atoms with E-state index < -0.39 is 0 Å². The van der Waals surface area contributed by atoms with E-state index in [-0.39, 0.29) is 17.2 Å². The summed E-state index contributed by atoms with van der Waals surface area (Å²) in [7, 11) is 0. The lowest BCUT2D eigenvalue weighted by molar-refractivity contribution is -0.128. The van der Waals surface area contributed by atoms with Crippen molar-refractivity contribution in [3.8, 4) is 0 Å². The van der Waals surface area contributed by atoms with Crippen LogP contribution in [0.25, 0.3) is 0 Å². The van der Waals surface area contributed by atoms with E-state index in [0.29, 0.717) is 32.5 Å². The summed E-state index contributed by atoms with van der Waals surface area (Å²) < 4.78 is 0. The van der Waals surface area contributed by atoms with Crippen LogP contribution in [0.5, 0.6) is 0 Å². The molecular weight excluding hydrogens is 326 g/mol. The highest BCUT2D eigenvalue weighted by molar-refractivity contribution is 5.78. The Kier molecular flexibility index (Phi) is 6.30. The van der Waals surface area contributed by atoms with Gasteiger partial charge in [0.05, 0.1) is 0 Å². The number of carbonyl (C=O) groups is 2. The molecule has 1 saturated heterocycles. The Morgan fingerprint density at radius 2 is 1.92 bits per heavy atom. The SMILES string of the molecule is NCC1(CC(=O)NCc2cccc(CN3CCCC3=O)c2)CCCCC1. The number of benzene rings is 1. The van der Waals surface area contributed by atoms with E-state index in [1.165, 1.54) is 19.3 Å². The van der Waals surface area contributed by atoms with Crippen LogP contribution < -0.4 is 11.1 Å². The minimum Gasteiger partial charge on any atom is -0.352 e. The Morgan fingerprint density at radius 1 is 1.15 bits per heavy atom. The Labute approximate surface area is 156 Å². The van der Waals surface area contributed by atoms with Crippen LogP contribution in [0.2, 0.25) is 0 Å². The van der Waals surface area contributed by atoms with Gasteiger partial charge in [-0.15, -0.1) is 0 Å². The van der Waals surface area contributed by atoms with E-state index in [9.17, 15) is 9.59 Å². The minimum absolute atomic E-state index is 0.000294. The van der Waals surface area contributed by atoms with Gasteiger partial charge in [0.1, 0.15) is 0 Å². The Morgan fingerprint density at radius 3 is 2.62 bits per heavy atom. The maximum absolute atomic E-state index is 12.4. The molecule has 0 atom stereocenters. The zero-order valence-electron chi connectivity index (χ0n) is 15.6. The van der Waals surface area contributed by atoms with Gasteiger partial charge in [-0.1, -0.05) is 43.5 Å². The van der Waals surface area contributed by atoms with E-state index in [1.807, 2.05) is 23.1 Å². The number of carbonyl (C=O) groups excluding carboxylic acids is 2. The molecule has 142 valence electrons. The van der Waals surface area contributed by atoms with Gasteiger partial charge >= 0.3 is 0 Å². The summed E-state index contributed by atoms with van der Waals surface area (Å²) in [6, 6.07) is 8.16. The molecule has 3 N–H and O–H groups in total. The van der Waals surface area contributed by atoms with Crippen molar-refractivity contribution >= 4 is 11.8 Å². The number of likely N-dealkylation sites (tertiary alicyclic amines) is 1. The smallest absolute Gasteiger partial charge is 0.222 e. The molecule has 2 fully saturated rings. The fourth-order valence-electron chi connectivity index (χ4n) is 4.29. The van der Waals surface area contributed by atoms with E-state index >= 15 is 0 Å². The van der Waals surface area contributed by atoms with Crippen molar-refractivity contribution < 1.29 is 9.59 Å². The highest BCUT2D eigenvalue weighted by Crippen LogP contribution is 2.38. The minimum atomic E-state index is 0.000294. The van der Waals surface area contributed by atoms with Crippen LogP contribution in [0, 0.1) is 5.41 Å². The fraction of sp³-hybridized carbons (Fsp3) is 0.619. The standard InChI is InChI=1S/C21H31N3O2/c22-16-21(9-2-1-3-10-21)13-19(25)23-14-17-6-4-7-18(12-17)15-24-11-5-8-20(24)26/h4,6-7,12H,1-3,5,8-11,13-16,22H2,(H,23,25). The summed E-state index contributed by atoms with van der Waals surface area (Å²) in [5.74, 6) is 0.334. The van der Waals surface area contributed by atoms with Crippen molar-refractivity contribution in [3.63, 3.8) is 0 Å². The first-order valence-corrected chi connectivity index (χ1v) is 9.93. The molecule has 1 aliphatic carbocycles. The van der Waals surface area contributed by atoms with Gasteiger partial charge in [-0.25, -0.2) is 0 Å². The topological polar surface area (TPSA) is 75.4 Å². The molecule has 1 aromatic carbocycles. The van der Waals surface area contributed by atoms with E-state index in [0.717, 1.165) is 36.9 Å². The van der Waals surface area contributed by atoms with Crippen LogP contribution >= 0.6 is 0 Å². The predicted octanol–water partition coefficient (Wildman–Crippen LogP) is 2.72. The molecule has 3 rings (SSSR count). The van der Waals surface area contributed by atoms with Crippen molar-refractivity contribution in [2.45, 2.75) is 64.5 Å². The number of nitrogens with one attached hydrogen (secondary N) is 1. The molecule has 1 heterocycles. The molecule has 1 aromatic rings. The van der Waals surface area contributed by atoms with Crippen LogP contribution in [-0.4, -0.2) is 29.8 Å². The van der Waals surface area contributed by atoms with Gasteiger partial charge in [-0.3, -0.25) is 9.59 Å². The van der Waals surface area contributed by atoms with Gasteiger partial charge in [0.15, 0.2) is 0 Å². The van der Waals surface area contributed by atoms with E-state index in [4.69, 9.17) is 5.73 Å². The van der Waals surface area contributed by atoms with Crippen molar-refractivity contribution in [3.05, 3.63) is 35.4 Å². The van der Waals surface area contributed by atoms with Crippen LogP contribution in [0.4, 0.5) is 0 Å². The predicted molar refractivity (Wildman–Crippen MR) is 102 cm³/mol. The molecule has 5 nitrogen and oxygen atoms in total. The molecule has 1 saturated carbocycles. The molecule has 26 heavy (non-hydrogen) atoms. The zero-order valence-corrected chi connectivity index (χ0v) is 15.6. The lowest BCUT2D eigenvalue weighted by Crippen LogP contribution is -2.38. The number of hydrogen-bond donors (Lipinski definition) is 2. The highest BCUT2D eigenvalue weighted by atomic mass is 16.2. The van der Waals surface area contributed by atoms with Crippen LogP contribution in [0.1, 0.15) is 62.5 Å². The van der Waals surface area contributed by atoms with Gasteiger partial charge in [0.2, 0.25) is 11.8 Å². The second kappa shape index (κ2) is 8.67. The molecule has 2 aliphatic rings. The quantitative estimate of drug-likeness (QED) is 0.788. The maximum atomic E-state index is 12.4. The normalized spacial score (nSPS) is 19.6. The largest absolute Gasteiger partial charge is 0.352 e. The monoisotopic (exact) mass is 357 g/mol. The van der Waals surface area contributed by atoms with Crippen molar-refractivity contribution in [2.24, 2.45) is 11.1 Å². The maximum Gasteiger partial charge on any atom is 0.222 e. The first-order valence-electron chi connectivity index (χ1n) is 9.93. The Hall–Kier alpha value is -1.88. The third kappa shape index (κ3) is 4.85. The molecule has 0 radical (unpaired) electrons. The fourth-order valence-corrected chi connectivity index (χ4v) is 4.29. The molecule has 2 amide bonds. The molecule has 0 bridgehead atoms. The molecule has 0 unspecified atom stereocenters. The van der Waals surface area contributed by atoms with E-state index in [1.54, 1.807) is 0 Å². The average molecular weight is 357 g/mol. The summed E-state index contributed by atoms with van der Waals surface area (Å²) in [6.45, 7) is 2.64. The van der Waals surface area contributed by atoms with Gasteiger partial charge in [0.25, 0.3) is 0 Å². The van der Waals surface area contributed by atoms with Crippen molar-refractivity contribution in [2.75, 3.05) is 13.1 Å². The third-order valence-electron chi connectivity index (χ3n) is 5.91. The Balaban J connectivity index is 1.51. The summed E-state index contributed by atoms with van der Waals surface area (Å²) in [5.41, 5.74) is 8.19. The molecule has 1 aliphatic heterocycles. The highest BCUT2D eigenvalue weighted by Gasteiger charge is 2.32. The second-order valence-corrected chi connectivity index (χ2v) is 7.96. The third-order valence-corrected chi connectivity index (χ3v) is 5.91. The number of rotatable bonds is 7. The number of nitrogens with zero attached hydrogens (tertiary/aromatic N) is 1. The summed E-state index contributed by atoms with van der Waals surface area (Å²) in [4.78, 5) is 26.1. The van der Waals surface area contributed by atoms with Crippen LogP contribution in [0.15, 0.2) is 24.3 Å². The average Bonchev–Trinajstić information content (AvgIpc) is 3.06. The molecule has 0 aromatic heterocycles. The molecular formula is C21H31N3O2. The molecule has 5 heteroatoms. The summed E-state index contributed by atoms with van der Waals surface area (Å²) in [6.07, 6.45) is 7.91. The lowest BCUT2D eigenvalue weighted by atomic mass is 9.71. The summed E-state index contributed by atoms with van der Waals surface area (Å²) in [5, 5.41) is 3.06. The number of hydrogen-bond acceptors (Lipinski definition) is 3. The summed E-state index contributed by atoms with van der Waals surface area (Å²) >= 11 is 0. The van der Waals surface area contributed by atoms with Gasteiger partial charge in [-0.05, 0) is 42.3 Å².